The van der Waals surface area contributed by atoms with E-state index in [-0.39, 0.29) is 11.9 Å². The lowest BCUT2D eigenvalue weighted by Crippen LogP contribution is -2.45. The van der Waals surface area contributed by atoms with Gasteiger partial charge in [-0.25, -0.2) is 0 Å². The van der Waals surface area contributed by atoms with Crippen molar-refractivity contribution in [1.29, 1.82) is 0 Å². The second kappa shape index (κ2) is 3.59. The Morgan fingerprint density at radius 1 is 1.57 bits per heavy atom. The monoisotopic (exact) mass is 210 g/mol. The fourth-order valence-corrected chi connectivity index (χ4v) is 1.93. The Balaban J connectivity index is 2.45. The maximum Gasteiger partial charge on any atom is 0.251 e. The summed E-state index contributed by atoms with van der Waals surface area (Å²) in [5, 5.41) is 3.48. The summed E-state index contributed by atoms with van der Waals surface area (Å²) < 4.78 is 0. The molecule has 14 heavy (non-hydrogen) atoms. The lowest BCUT2D eigenvalue weighted by Gasteiger charge is -2.25. The van der Waals surface area contributed by atoms with Crippen molar-refractivity contribution >= 4 is 17.5 Å². The molecule has 74 valence electrons. The van der Waals surface area contributed by atoms with Crippen molar-refractivity contribution in [3.63, 3.8) is 0 Å². The molecule has 0 aliphatic carbocycles. The SMILES string of the molecule is NCC1Cc2c(Cl)cccc2C(=O)N1. The van der Waals surface area contributed by atoms with Gasteiger partial charge < -0.3 is 11.1 Å². The standard InChI is InChI=1S/C10H11ClN2O/c11-9-3-1-2-7-8(9)4-6(5-12)13-10(7)14/h1-3,6H,4-5,12H2,(H,13,14). The summed E-state index contributed by atoms with van der Waals surface area (Å²) in [5.41, 5.74) is 7.09. The van der Waals surface area contributed by atoms with Crippen molar-refractivity contribution in [2.75, 3.05) is 6.54 Å². The molecule has 0 bridgehead atoms. The number of carbonyl (C=O) groups excluding carboxylic acids is 1. The van der Waals surface area contributed by atoms with Crippen molar-refractivity contribution in [3.05, 3.63) is 34.3 Å². The molecule has 1 aromatic carbocycles. The van der Waals surface area contributed by atoms with E-state index in [4.69, 9.17) is 17.3 Å². The molecule has 1 aliphatic heterocycles. The highest BCUT2D eigenvalue weighted by molar-refractivity contribution is 6.32. The van der Waals surface area contributed by atoms with E-state index in [1.54, 1.807) is 18.2 Å². The fraction of sp³-hybridized carbons (Fsp3) is 0.300. The maximum atomic E-state index is 11.6. The van der Waals surface area contributed by atoms with Crippen molar-refractivity contribution in [3.8, 4) is 0 Å². The Labute approximate surface area is 87.2 Å². The number of hydrogen-bond acceptors (Lipinski definition) is 2. The van der Waals surface area contributed by atoms with Gasteiger partial charge in [0, 0.05) is 23.2 Å². The summed E-state index contributed by atoms with van der Waals surface area (Å²) in [7, 11) is 0. The molecular formula is C10H11ClN2O. The zero-order chi connectivity index (χ0) is 10.1. The van der Waals surface area contributed by atoms with Crippen LogP contribution < -0.4 is 11.1 Å². The van der Waals surface area contributed by atoms with Crippen LogP contribution in [0.25, 0.3) is 0 Å². The van der Waals surface area contributed by atoms with Gasteiger partial charge in [-0.1, -0.05) is 17.7 Å². The average Bonchev–Trinajstić information content (AvgIpc) is 2.19. The van der Waals surface area contributed by atoms with Gasteiger partial charge in [-0.05, 0) is 24.1 Å². The van der Waals surface area contributed by atoms with Gasteiger partial charge in [-0.15, -0.1) is 0 Å². The number of fused-ring (bicyclic) bond motifs is 1. The molecule has 3 N–H and O–H groups in total. The predicted octanol–water partition coefficient (Wildman–Crippen LogP) is 0.953. The molecule has 1 atom stereocenters. The van der Waals surface area contributed by atoms with Gasteiger partial charge in [0.05, 0.1) is 0 Å². The highest BCUT2D eigenvalue weighted by Gasteiger charge is 2.24. The molecule has 0 saturated heterocycles. The molecule has 4 heteroatoms. The number of nitrogens with one attached hydrogen (secondary N) is 1. The molecule has 0 aromatic heterocycles. The van der Waals surface area contributed by atoms with Crippen LogP contribution >= 0.6 is 11.6 Å². The number of rotatable bonds is 1. The molecule has 0 spiro atoms. The Morgan fingerprint density at radius 3 is 3.07 bits per heavy atom. The Hall–Kier alpha value is -1.06. The quantitative estimate of drug-likeness (QED) is 0.725. The molecule has 3 nitrogen and oxygen atoms in total. The molecule has 0 saturated carbocycles. The van der Waals surface area contributed by atoms with Crippen molar-refractivity contribution in [1.82, 2.24) is 5.32 Å². The topological polar surface area (TPSA) is 55.1 Å². The third-order valence-corrected chi connectivity index (χ3v) is 2.79. The average molecular weight is 211 g/mol. The first-order valence-corrected chi connectivity index (χ1v) is 4.88. The van der Waals surface area contributed by atoms with Gasteiger partial charge in [0.2, 0.25) is 0 Å². The molecule has 1 unspecified atom stereocenters. The van der Waals surface area contributed by atoms with E-state index in [0.717, 1.165) is 12.0 Å². The number of hydrogen-bond donors (Lipinski definition) is 2. The van der Waals surface area contributed by atoms with Crippen molar-refractivity contribution in [2.24, 2.45) is 5.73 Å². The largest absolute Gasteiger partial charge is 0.348 e. The fourth-order valence-electron chi connectivity index (χ4n) is 1.68. The van der Waals surface area contributed by atoms with E-state index in [9.17, 15) is 4.79 Å². The summed E-state index contributed by atoms with van der Waals surface area (Å²) in [5.74, 6) is -0.0794. The number of benzene rings is 1. The minimum absolute atomic E-state index is 0.00917. The Morgan fingerprint density at radius 2 is 2.36 bits per heavy atom. The third kappa shape index (κ3) is 1.49. The Kier molecular flexibility index (Phi) is 2.44. The highest BCUT2D eigenvalue weighted by Crippen LogP contribution is 2.24. The van der Waals surface area contributed by atoms with E-state index in [0.29, 0.717) is 17.1 Å². The van der Waals surface area contributed by atoms with Crippen molar-refractivity contribution in [2.45, 2.75) is 12.5 Å². The minimum Gasteiger partial charge on any atom is -0.348 e. The van der Waals surface area contributed by atoms with Gasteiger partial charge in [0.1, 0.15) is 0 Å². The van der Waals surface area contributed by atoms with Crippen LogP contribution in [0.15, 0.2) is 18.2 Å². The molecule has 2 rings (SSSR count). The first kappa shape index (κ1) is 9.49. The first-order chi connectivity index (χ1) is 6.72. The number of amides is 1. The highest BCUT2D eigenvalue weighted by atomic mass is 35.5. The first-order valence-electron chi connectivity index (χ1n) is 4.50. The molecule has 0 radical (unpaired) electrons. The van der Waals surface area contributed by atoms with Crippen LogP contribution in [-0.2, 0) is 6.42 Å². The summed E-state index contributed by atoms with van der Waals surface area (Å²) in [6.45, 7) is 0.441. The molecular weight excluding hydrogens is 200 g/mol. The van der Waals surface area contributed by atoms with Crippen LogP contribution in [0, 0.1) is 0 Å². The second-order valence-corrected chi connectivity index (χ2v) is 3.78. The van der Waals surface area contributed by atoms with Gasteiger partial charge in [0.25, 0.3) is 5.91 Å². The van der Waals surface area contributed by atoms with Gasteiger partial charge >= 0.3 is 0 Å². The second-order valence-electron chi connectivity index (χ2n) is 3.38. The summed E-state index contributed by atoms with van der Waals surface area (Å²) in [6.07, 6.45) is 0.719. The molecule has 0 fully saturated rings. The van der Waals surface area contributed by atoms with Gasteiger partial charge in [-0.3, -0.25) is 4.79 Å². The zero-order valence-electron chi connectivity index (χ0n) is 7.59. The summed E-state index contributed by atoms with van der Waals surface area (Å²) >= 11 is 6.01. The Bertz CT molecular complexity index is 378. The summed E-state index contributed by atoms with van der Waals surface area (Å²) in [4.78, 5) is 11.6. The molecule has 1 aromatic rings. The third-order valence-electron chi connectivity index (χ3n) is 2.43. The lowest BCUT2D eigenvalue weighted by atomic mass is 9.95. The minimum atomic E-state index is -0.0794. The van der Waals surface area contributed by atoms with E-state index in [2.05, 4.69) is 5.32 Å². The number of carbonyl (C=O) groups is 1. The lowest BCUT2D eigenvalue weighted by molar-refractivity contribution is 0.0927. The molecule has 1 amide bonds. The van der Waals surface area contributed by atoms with Crippen LogP contribution in [0.3, 0.4) is 0 Å². The number of nitrogens with two attached hydrogens (primary N) is 1. The molecule has 1 aliphatic rings. The van der Waals surface area contributed by atoms with E-state index >= 15 is 0 Å². The van der Waals surface area contributed by atoms with E-state index in [1.807, 2.05) is 0 Å². The normalized spacial score (nSPS) is 20.1. The van der Waals surface area contributed by atoms with Crippen molar-refractivity contribution < 1.29 is 4.79 Å². The maximum absolute atomic E-state index is 11.6. The van der Waals surface area contributed by atoms with Crippen LogP contribution in [0.5, 0.6) is 0 Å². The number of halogens is 1. The summed E-state index contributed by atoms with van der Waals surface area (Å²) in [6, 6.07) is 5.37. The van der Waals surface area contributed by atoms with Crippen LogP contribution in [0.1, 0.15) is 15.9 Å². The van der Waals surface area contributed by atoms with Gasteiger partial charge in [0.15, 0.2) is 0 Å². The van der Waals surface area contributed by atoms with Crippen LogP contribution in [-0.4, -0.2) is 18.5 Å². The zero-order valence-corrected chi connectivity index (χ0v) is 8.34. The van der Waals surface area contributed by atoms with Gasteiger partial charge in [-0.2, -0.15) is 0 Å². The van der Waals surface area contributed by atoms with Crippen LogP contribution in [0.4, 0.5) is 0 Å². The predicted molar refractivity (Wildman–Crippen MR) is 55.5 cm³/mol. The van der Waals surface area contributed by atoms with Crippen LogP contribution in [0.2, 0.25) is 5.02 Å². The molecule has 1 heterocycles. The van der Waals surface area contributed by atoms with E-state index in [1.165, 1.54) is 0 Å². The smallest absolute Gasteiger partial charge is 0.251 e. The van der Waals surface area contributed by atoms with E-state index < -0.39 is 0 Å².